The summed E-state index contributed by atoms with van der Waals surface area (Å²) in [4.78, 5) is 8.67. The van der Waals surface area contributed by atoms with Gasteiger partial charge in [-0.3, -0.25) is 0 Å². The number of allylic oxidation sites excluding steroid dienone is 1. The number of hydrogen-bond acceptors (Lipinski definition) is 6. The van der Waals surface area contributed by atoms with E-state index in [-0.39, 0.29) is 4.34 Å². The van der Waals surface area contributed by atoms with Crippen LogP contribution in [0.25, 0.3) is 0 Å². The Balaban J connectivity index is 2.86. The third kappa shape index (κ3) is 5.12. The average Bonchev–Trinajstić information content (AvgIpc) is 2.92. The first-order chi connectivity index (χ1) is 9.77. The predicted octanol–water partition coefficient (Wildman–Crippen LogP) is 3.15. The fraction of sp³-hybridized carbons (Fsp3) is 0.455. The van der Waals surface area contributed by atoms with Gasteiger partial charge in [0.15, 0.2) is 5.83 Å². The molecule has 0 spiro atoms. The number of sulfone groups is 1. The van der Waals surface area contributed by atoms with Crippen LogP contribution in [0.15, 0.2) is 26.8 Å². The first-order valence-corrected chi connectivity index (χ1v) is 8.36. The van der Waals surface area contributed by atoms with E-state index in [1.165, 1.54) is 5.38 Å². The molecule has 0 aromatic carbocycles. The summed E-state index contributed by atoms with van der Waals surface area (Å²) in [5.41, 5.74) is 0.690. The summed E-state index contributed by atoms with van der Waals surface area (Å²) in [6, 6.07) is 0. The van der Waals surface area contributed by atoms with Crippen LogP contribution >= 0.6 is 11.3 Å². The number of nitrogens with zero attached hydrogens (tertiary/aromatic N) is 2. The largest absolute Gasteiger partial charge is 0.396 e. The van der Waals surface area contributed by atoms with Crippen LogP contribution in [0.1, 0.15) is 26.0 Å². The van der Waals surface area contributed by atoms with Crippen molar-refractivity contribution in [2.24, 2.45) is 5.16 Å². The Hall–Kier alpha value is -1.42. The molecule has 1 heterocycles. The number of hydrogen-bond donors (Lipinski definition) is 0. The fourth-order valence-corrected chi connectivity index (χ4v) is 3.61. The van der Waals surface area contributed by atoms with E-state index in [1.54, 1.807) is 13.8 Å². The topological polar surface area (TPSA) is 68.6 Å². The van der Waals surface area contributed by atoms with Gasteiger partial charge in [0.25, 0.3) is 0 Å². The van der Waals surface area contributed by atoms with Crippen molar-refractivity contribution in [2.45, 2.75) is 24.6 Å². The van der Waals surface area contributed by atoms with Crippen LogP contribution in [0, 0.1) is 0 Å². The van der Waals surface area contributed by atoms with Gasteiger partial charge in [0.2, 0.25) is 14.2 Å². The van der Waals surface area contributed by atoms with Crippen molar-refractivity contribution in [3.05, 3.63) is 23.0 Å². The lowest BCUT2D eigenvalue weighted by molar-refractivity contribution is 0.159. The van der Waals surface area contributed by atoms with Crippen molar-refractivity contribution in [3.8, 4) is 0 Å². The molecule has 0 unspecified atom stereocenters. The van der Waals surface area contributed by atoms with Gasteiger partial charge in [0.1, 0.15) is 18.0 Å². The SMILES string of the molecule is CCO/N=C(\C)c1csc(S(=O)(=O)CCC(F)=C(F)F)n1. The molecule has 0 saturated heterocycles. The van der Waals surface area contributed by atoms with Crippen LogP contribution in [0.4, 0.5) is 13.2 Å². The monoisotopic (exact) mass is 342 g/mol. The van der Waals surface area contributed by atoms with Crippen molar-refractivity contribution >= 4 is 26.9 Å². The maximum atomic E-state index is 12.7. The summed E-state index contributed by atoms with van der Waals surface area (Å²) >= 11 is 0.817. The lowest BCUT2D eigenvalue weighted by Crippen LogP contribution is -2.08. The van der Waals surface area contributed by atoms with Crippen molar-refractivity contribution in [1.82, 2.24) is 4.98 Å². The Bertz CT molecular complexity index is 649. The maximum absolute atomic E-state index is 12.7. The molecule has 0 aliphatic heterocycles. The Labute approximate surface area is 124 Å². The molecule has 0 fully saturated rings. The normalized spacial score (nSPS) is 12.3. The smallest absolute Gasteiger partial charge is 0.301 e. The van der Waals surface area contributed by atoms with Gasteiger partial charge >= 0.3 is 6.08 Å². The van der Waals surface area contributed by atoms with E-state index < -0.39 is 33.9 Å². The lowest BCUT2D eigenvalue weighted by Gasteiger charge is -1.99. The Morgan fingerprint density at radius 1 is 1.43 bits per heavy atom. The average molecular weight is 342 g/mol. The van der Waals surface area contributed by atoms with Crippen LogP contribution in [0.5, 0.6) is 0 Å². The highest BCUT2D eigenvalue weighted by Crippen LogP contribution is 2.21. The zero-order chi connectivity index (χ0) is 16.0. The molecule has 1 aromatic rings. The minimum Gasteiger partial charge on any atom is -0.396 e. The van der Waals surface area contributed by atoms with Crippen molar-refractivity contribution in [1.29, 1.82) is 0 Å². The molecule has 0 N–H and O–H groups in total. The molecular formula is C11H13F3N2O3S2. The van der Waals surface area contributed by atoms with Crippen LogP contribution in [-0.2, 0) is 14.7 Å². The third-order valence-corrected chi connectivity index (χ3v) is 5.30. The van der Waals surface area contributed by atoms with Crippen LogP contribution in [-0.4, -0.2) is 31.5 Å². The second kappa shape index (κ2) is 7.55. The van der Waals surface area contributed by atoms with E-state index in [4.69, 9.17) is 4.84 Å². The molecule has 5 nitrogen and oxygen atoms in total. The summed E-state index contributed by atoms with van der Waals surface area (Å²) < 4.78 is 59.9. The molecule has 21 heavy (non-hydrogen) atoms. The standard InChI is InChI=1S/C11H13F3N2O3S2/c1-3-19-16-7(2)9-6-20-11(15-9)21(17,18)5-4-8(12)10(13)14/h6H,3-5H2,1-2H3/b16-7+. The Kier molecular flexibility index (Phi) is 6.34. The highest BCUT2D eigenvalue weighted by molar-refractivity contribution is 7.93. The molecule has 0 amide bonds. The van der Waals surface area contributed by atoms with Gasteiger partial charge in [-0.1, -0.05) is 5.16 Å². The summed E-state index contributed by atoms with van der Waals surface area (Å²) in [6.07, 6.45) is -3.39. The molecule has 1 rings (SSSR count). The van der Waals surface area contributed by atoms with Gasteiger partial charge in [0.05, 0.1) is 5.75 Å². The Morgan fingerprint density at radius 3 is 2.67 bits per heavy atom. The molecule has 0 bridgehead atoms. The van der Waals surface area contributed by atoms with Crippen molar-refractivity contribution in [3.63, 3.8) is 0 Å². The zero-order valence-corrected chi connectivity index (χ0v) is 12.9. The second-order valence-electron chi connectivity index (χ2n) is 3.83. The van der Waals surface area contributed by atoms with Gasteiger partial charge < -0.3 is 4.84 Å². The first-order valence-electron chi connectivity index (χ1n) is 5.82. The van der Waals surface area contributed by atoms with Gasteiger partial charge in [-0.05, 0) is 13.8 Å². The number of halogens is 3. The van der Waals surface area contributed by atoms with Crippen LogP contribution in [0.2, 0.25) is 0 Å². The number of rotatable bonds is 7. The van der Waals surface area contributed by atoms with Crippen molar-refractivity contribution < 1.29 is 26.4 Å². The molecule has 0 aliphatic rings. The zero-order valence-electron chi connectivity index (χ0n) is 11.3. The molecule has 1 aromatic heterocycles. The number of thiazole rings is 1. The molecule has 0 saturated carbocycles. The minimum absolute atomic E-state index is 0.268. The number of oxime groups is 1. The van der Waals surface area contributed by atoms with Crippen LogP contribution in [0.3, 0.4) is 0 Å². The van der Waals surface area contributed by atoms with E-state index in [0.29, 0.717) is 18.0 Å². The van der Waals surface area contributed by atoms with E-state index in [0.717, 1.165) is 11.3 Å². The Morgan fingerprint density at radius 2 is 2.10 bits per heavy atom. The lowest BCUT2D eigenvalue weighted by atomic mass is 10.3. The van der Waals surface area contributed by atoms with Gasteiger partial charge in [-0.25, -0.2) is 17.8 Å². The van der Waals surface area contributed by atoms with Gasteiger partial charge in [-0.2, -0.15) is 8.78 Å². The first kappa shape index (κ1) is 17.6. The number of aromatic nitrogens is 1. The van der Waals surface area contributed by atoms with Crippen molar-refractivity contribution in [2.75, 3.05) is 12.4 Å². The molecule has 0 radical (unpaired) electrons. The fourth-order valence-electron chi connectivity index (χ4n) is 1.18. The summed E-state index contributed by atoms with van der Waals surface area (Å²) in [5.74, 6) is -2.51. The minimum atomic E-state index is -3.92. The van der Waals surface area contributed by atoms with E-state index >= 15 is 0 Å². The highest BCUT2D eigenvalue weighted by atomic mass is 32.2. The second-order valence-corrected chi connectivity index (χ2v) is 6.97. The molecular weight excluding hydrogens is 329 g/mol. The molecule has 118 valence electrons. The maximum Gasteiger partial charge on any atom is 0.301 e. The van der Waals surface area contributed by atoms with Gasteiger partial charge in [-0.15, -0.1) is 11.3 Å². The van der Waals surface area contributed by atoms with Gasteiger partial charge in [0, 0.05) is 11.8 Å². The van der Waals surface area contributed by atoms with E-state index in [9.17, 15) is 21.6 Å². The van der Waals surface area contributed by atoms with E-state index in [2.05, 4.69) is 10.1 Å². The molecule has 0 atom stereocenters. The van der Waals surface area contributed by atoms with E-state index in [1.807, 2.05) is 0 Å². The summed E-state index contributed by atoms with van der Waals surface area (Å²) in [6.45, 7) is 3.68. The summed E-state index contributed by atoms with van der Waals surface area (Å²) in [7, 11) is -3.92. The third-order valence-electron chi connectivity index (χ3n) is 2.25. The molecule has 10 heteroatoms. The summed E-state index contributed by atoms with van der Waals surface area (Å²) in [5, 5.41) is 5.16. The highest BCUT2D eigenvalue weighted by Gasteiger charge is 2.21. The van der Waals surface area contributed by atoms with Crippen LogP contribution < -0.4 is 0 Å². The predicted molar refractivity (Wildman–Crippen MR) is 73.0 cm³/mol. The quantitative estimate of drug-likeness (QED) is 0.564. The molecule has 0 aliphatic carbocycles.